The third-order valence-electron chi connectivity index (χ3n) is 4.77. The van der Waals surface area contributed by atoms with Gasteiger partial charge in [-0.15, -0.1) is 0 Å². The fraction of sp³-hybridized carbons (Fsp3) is 0.562. The Bertz CT molecular complexity index is 619. The maximum atomic E-state index is 12.6. The minimum absolute atomic E-state index is 0.00190. The van der Waals surface area contributed by atoms with E-state index in [-0.39, 0.29) is 24.2 Å². The number of nitro groups is 1. The lowest BCUT2D eigenvalue weighted by molar-refractivity contribution is -0.384. The van der Waals surface area contributed by atoms with E-state index in [0.29, 0.717) is 19.5 Å². The van der Waals surface area contributed by atoms with Crippen LogP contribution in [0, 0.1) is 10.1 Å². The first-order valence-electron chi connectivity index (χ1n) is 8.02. The van der Waals surface area contributed by atoms with E-state index in [1.54, 1.807) is 17.0 Å². The first-order valence-corrected chi connectivity index (χ1v) is 8.02. The molecule has 0 saturated carbocycles. The lowest BCUT2D eigenvalue weighted by atomic mass is 10.0. The lowest BCUT2D eigenvalue weighted by Crippen LogP contribution is -2.48. The Labute approximate surface area is 134 Å². The zero-order valence-corrected chi connectivity index (χ0v) is 13.0. The number of nitro benzene ring substituents is 1. The molecular formula is C16H21N3O4. The lowest BCUT2D eigenvalue weighted by Gasteiger charge is -2.35. The quantitative estimate of drug-likeness (QED) is 0.668. The van der Waals surface area contributed by atoms with Crippen molar-refractivity contribution >= 4 is 17.3 Å². The number of likely N-dealkylation sites (tertiary alicyclic amines) is 1. The van der Waals surface area contributed by atoms with Crippen molar-refractivity contribution in [3.8, 4) is 0 Å². The zero-order valence-electron chi connectivity index (χ0n) is 13.0. The second-order valence-electron chi connectivity index (χ2n) is 6.17. The predicted molar refractivity (Wildman–Crippen MR) is 85.5 cm³/mol. The Balaban J connectivity index is 1.71. The number of fused-ring (bicyclic) bond motifs is 1. The van der Waals surface area contributed by atoms with Crippen LogP contribution in [0.1, 0.15) is 24.8 Å². The third kappa shape index (κ3) is 3.20. The summed E-state index contributed by atoms with van der Waals surface area (Å²) in [5.41, 5.74) is 1.69. The summed E-state index contributed by atoms with van der Waals surface area (Å²) >= 11 is 0. The van der Waals surface area contributed by atoms with Crippen LogP contribution in [0.5, 0.6) is 0 Å². The molecule has 1 saturated heterocycles. The molecule has 0 radical (unpaired) electrons. The zero-order chi connectivity index (χ0) is 16.4. The van der Waals surface area contributed by atoms with Gasteiger partial charge in [-0.2, -0.15) is 0 Å². The molecule has 7 nitrogen and oxygen atoms in total. The number of piperidine rings is 1. The van der Waals surface area contributed by atoms with Crippen molar-refractivity contribution in [3.05, 3.63) is 33.9 Å². The number of hydrogen-bond acceptors (Lipinski definition) is 5. The van der Waals surface area contributed by atoms with Gasteiger partial charge in [0.25, 0.3) is 5.69 Å². The molecule has 0 unspecified atom stereocenters. The molecule has 124 valence electrons. The molecule has 3 rings (SSSR count). The standard InChI is InChI=1S/C16H21N3O4/c20-11-14-3-1-2-7-17(14)10-16(21)18-8-6-12-9-13(19(22)23)4-5-15(12)18/h4-5,9,14,20H,1-3,6-8,10-11H2/t14-/m1/s1. The van der Waals surface area contributed by atoms with Gasteiger partial charge in [0.15, 0.2) is 0 Å². The summed E-state index contributed by atoms with van der Waals surface area (Å²) in [6.45, 7) is 1.77. The largest absolute Gasteiger partial charge is 0.395 e. The van der Waals surface area contributed by atoms with E-state index in [0.717, 1.165) is 37.1 Å². The van der Waals surface area contributed by atoms with Crippen LogP contribution in [0.15, 0.2) is 18.2 Å². The number of non-ortho nitro benzene ring substituents is 1. The van der Waals surface area contributed by atoms with E-state index < -0.39 is 4.92 Å². The number of benzene rings is 1. The fourth-order valence-corrected chi connectivity index (χ4v) is 3.49. The Morgan fingerprint density at radius 2 is 2.17 bits per heavy atom. The molecule has 1 fully saturated rings. The molecule has 1 aromatic rings. The minimum atomic E-state index is -0.412. The maximum absolute atomic E-state index is 12.6. The molecule has 2 aliphatic rings. The van der Waals surface area contributed by atoms with Crippen LogP contribution < -0.4 is 4.90 Å². The Hall–Kier alpha value is -1.99. The van der Waals surface area contributed by atoms with Crippen LogP contribution in [-0.2, 0) is 11.2 Å². The van der Waals surface area contributed by atoms with Gasteiger partial charge in [-0.25, -0.2) is 0 Å². The highest BCUT2D eigenvalue weighted by atomic mass is 16.6. The van der Waals surface area contributed by atoms with Gasteiger partial charge in [-0.05, 0) is 37.4 Å². The van der Waals surface area contributed by atoms with Gasteiger partial charge in [0.2, 0.25) is 5.91 Å². The van der Waals surface area contributed by atoms with Gasteiger partial charge in [0.05, 0.1) is 18.1 Å². The average molecular weight is 319 g/mol. The maximum Gasteiger partial charge on any atom is 0.269 e. The highest BCUT2D eigenvalue weighted by molar-refractivity contribution is 5.97. The summed E-state index contributed by atoms with van der Waals surface area (Å²) in [5.74, 6) is -0.00190. The second-order valence-corrected chi connectivity index (χ2v) is 6.17. The summed E-state index contributed by atoms with van der Waals surface area (Å²) in [7, 11) is 0. The molecule has 2 heterocycles. The molecule has 0 spiro atoms. The number of anilines is 1. The Morgan fingerprint density at radius 3 is 2.91 bits per heavy atom. The first-order chi connectivity index (χ1) is 11.1. The molecule has 1 atom stereocenters. The van der Waals surface area contributed by atoms with Gasteiger partial charge in [0, 0.05) is 30.4 Å². The van der Waals surface area contributed by atoms with E-state index in [2.05, 4.69) is 4.90 Å². The summed E-state index contributed by atoms with van der Waals surface area (Å²) in [4.78, 5) is 26.8. The van der Waals surface area contributed by atoms with Crippen LogP contribution in [0.2, 0.25) is 0 Å². The molecule has 23 heavy (non-hydrogen) atoms. The molecule has 1 aromatic carbocycles. The number of carbonyl (C=O) groups excluding carboxylic acids is 1. The highest BCUT2D eigenvalue weighted by Crippen LogP contribution is 2.31. The van der Waals surface area contributed by atoms with E-state index in [9.17, 15) is 20.0 Å². The SMILES string of the molecule is O=C(CN1CCCC[C@@H]1CO)N1CCc2cc([N+](=O)[O-])ccc21. The van der Waals surface area contributed by atoms with E-state index >= 15 is 0 Å². The van der Waals surface area contributed by atoms with Crippen molar-refractivity contribution in [1.29, 1.82) is 0 Å². The van der Waals surface area contributed by atoms with Crippen LogP contribution in [0.3, 0.4) is 0 Å². The molecule has 0 aromatic heterocycles. The topological polar surface area (TPSA) is 86.9 Å². The van der Waals surface area contributed by atoms with Crippen LogP contribution in [0.4, 0.5) is 11.4 Å². The van der Waals surface area contributed by atoms with Gasteiger partial charge in [0.1, 0.15) is 0 Å². The van der Waals surface area contributed by atoms with Gasteiger partial charge in [-0.1, -0.05) is 6.42 Å². The molecule has 2 aliphatic heterocycles. The van der Waals surface area contributed by atoms with Gasteiger partial charge in [-0.3, -0.25) is 19.8 Å². The highest BCUT2D eigenvalue weighted by Gasteiger charge is 2.30. The monoisotopic (exact) mass is 319 g/mol. The van der Waals surface area contributed by atoms with E-state index in [1.165, 1.54) is 6.07 Å². The summed E-state index contributed by atoms with van der Waals surface area (Å²) in [6.07, 6.45) is 3.71. The molecule has 7 heteroatoms. The van der Waals surface area contributed by atoms with Crippen molar-refractivity contribution in [1.82, 2.24) is 4.90 Å². The normalized spacial score (nSPS) is 21.3. The van der Waals surface area contributed by atoms with E-state index in [4.69, 9.17) is 0 Å². The number of carbonyl (C=O) groups is 1. The Kier molecular flexibility index (Phi) is 4.58. The number of nitrogens with zero attached hydrogens (tertiary/aromatic N) is 3. The molecule has 1 amide bonds. The molecule has 1 N–H and O–H groups in total. The fourth-order valence-electron chi connectivity index (χ4n) is 3.49. The second kappa shape index (κ2) is 6.64. The molecule has 0 aliphatic carbocycles. The van der Waals surface area contributed by atoms with Crippen molar-refractivity contribution in [2.75, 3.05) is 31.1 Å². The summed E-state index contributed by atoms with van der Waals surface area (Å²) in [6, 6.07) is 4.73. The van der Waals surface area contributed by atoms with E-state index in [1.807, 2.05) is 0 Å². The number of hydrogen-bond donors (Lipinski definition) is 1. The number of rotatable bonds is 4. The number of aliphatic hydroxyl groups is 1. The van der Waals surface area contributed by atoms with Crippen molar-refractivity contribution in [3.63, 3.8) is 0 Å². The minimum Gasteiger partial charge on any atom is -0.395 e. The summed E-state index contributed by atoms with van der Waals surface area (Å²) in [5, 5.41) is 20.3. The first kappa shape index (κ1) is 15.9. The third-order valence-corrected chi connectivity index (χ3v) is 4.77. The average Bonchev–Trinajstić information content (AvgIpc) is 2.98. The van der Waals surface area contributed by atoms with Crippen LogP contribution >= 0.6 is 0 Å². The molecular weight excluding hydrogens is 298 g/mol. The summed E-state index contributed by atoms with van der Waals surface area (Å²) < 4.78 is 0. The predicted octanol–water partition coefficient (Wildman–Crippen LogP) is 1.33. The number of amides is 1. The molecule has 0 bridgehead atoms. The van der Waals surface area contributed by atoms with Crippen LogP contribution in [0.25, 0.3) is 0 Å². The van der Waals surface area contributed by atoms with Crippen molar-refractivity contribution in [2.45, 2.75) is 31.7 Å². The Morgan fingerprint density at radius 1 is 1.35 bits per heavy atom. The number of aliphatic hydroxyl groups excluding tert-OH is 1. The van der Waals surface area contributed by atoms with Crippen LogP contribution in [-0.4, -0.2) is 53.1 Å². The van der Waals surface area contributed by atoms with Gasteiger partial charge >= 0.3 is 0 Å². The van der Waals surface area contributed by atoms with Gasteiger partial charge < -0.3 is 10.0 Å². The smallest absolute Gasteiger partial charge is 0.269 e. The van der Waals surface area contributed by atoms with Crippen molar-refractivity contribution in [2.24, 2.45) is 0 Å². The van der Waals surface area contributed by atoms with Crippen molar-refractivity contribution < 1.29 is 14.8 Å².